The maximum atomic E-state index is 11.7. The van der Waals surface area contributed by atoms with Crippen molar-refractivity contribution < 1.29 is 19.4 Å². The molecule has 0 radical (unpaired) electrons. The Balaban J connectivity index is 3.11. The van der Waals surface area contributed by atoms with Gasteiger partial charge >= 0.3 is 5.97 Å². The number of carbonyl (C=O) groups excluding carboxylic acids is 2. The van der Waals surface area contributed by atoms with Crippen molar-refractivity contribution in [2.45, 2.75) is 26.3 Å². The maximum absolute atomic E-state index is 11.7. The first kappa shape index (κ1) is 17.2. The first-order valence-electron chi connectivity index (χ1n) is 6.81. The third-order valence-corrected chi connectivity index (χ3v) is 2.84. The van der Waals surface area contributed by atoms with Crippen LogP contribution in [0.5, 0.6) is 0 Å². The average molecular weight is 302 g/mol. The van der Waals surface area contributed by atoms with Gasteiger partial charge in [-0.1, -0.05) is 30.3 Å². The van der Waals surface area contributed by atoms with Crippen LogP contribution in [0.2, 0.25) is 0 Å². The predicted octanol–water partition coefficient (Wildman–Crippen LogP) is 1.63. The summed E-state index contributed by atoms with van der Waals surface area (Å²) in [5, 5.41) is 21.8. The van der Waals surface area contributed by atoms with E-state index >= 15 is 0 Å². The minimum absolute atomic E-state index is 0.0841. The molecule has 1 amide bonds. The quantitative estimate of drug-likeness (QED) is 0.360. The molecule has 0 saturated carbocycles. The van der Waals surface area contributed by atoms with E-state index in [9.17, 15) is 14.7 Å². The summed E-state index contributed by atoms with van der Waals surface area (Å²) in [6.45, 7) is 2.97. The fraction of sp³-hybridized carbons (Fsp3) is 0.312. The number of aliphatic hydroxyl groups excluding tert-OH is 1. The van der Waals surface area contributed by atoms with Crippen LogP contribution in [0.1, 0.15) is 19.4 Å². The van der Waals surface area contributed by atoms with E-state index in [1.807, 2.05) is 30.3 Å². The van der Waals surface area contributed by atoms with Crippen LogP contribution in [0.3, 0.4) is 0 Å². The minimum Gasteiger partial charge on any atom is -0.508 e. The van der Waals surface area contributed by atoms with Crippen molar-refractivity contribution in [3.63, 3.8) is 0 Å². The molecule has 0 bridgehead atoms. The number of benzene rings is 1. The lowest BCUT2D eigenvalue weighted by atomic mass is 10.0. The molecule has 116 valence electrons. The van der Waals surface area contributed by atoms with Crippen LogP contribution < -0.4 is 5.32 Å². The molecule has 0 saturated heterocycles. The van der Waals surface area contributed by atoms with Crippen LogP contribution in [-0.2, 0) is 20.7 Å². The lowest BCUT2D eigenvalue weighted by Crippen LogP contribution is -2.37. The second kappa shape index (κ2) is 8.47. The molecule has 1 atom stereocenters. The summed E-state index contributed by atoms with van der Waals surface area (Å²) in [5.74, 6) is -1.79. The fourth-order valence-corrected chi connectivity index (χ4v) is 1.90. The fourth-order valence-electron chi connectivity index (χ4n) is 1.90. The van der Waals surface area contributed by atoms with Crippen LogP contribution in [0.15, 0.2) is 41.7 Å². The third-order valence-electron chi connectivity index (χ3n) is 2.84. The molecule has 0 aliphatic rings. The molecule has 1 aromatic carbocycles. The Labute approximate surface area is 129 Å². The van der Waals surface area contributed by atoms with E-state index in [1.54, 1.807) is 13.0 Å². The number of nitriles is 1. The average Bonchev–Trinajstić information content (AvgIpc) is 2.48. The van der Waals surface area contributed by atoms with Gasteiger partial charge in [-0.25, -0.2) is 4.79 Å². The van der Waals surface area contributed by atoms with E-state index in [2.05, 4.69) is 5.32 Å². The minimum atomic E-state index is -0.911. The second-order valence-corrected chi connectivity index (χ2v) is 4.54. The number of ether oxygens (including phenoxy) is 1. The Bertz CT molecular complexity index is 602. The largest absolute Gasteiger partial charge is 0.508 e. The molecule has 0 aliphatic carbocycles. The van der Waals surface area contributed by atoms with Crippen LogP contribution >= 0.6 is 0 Å². The number of esters is 1. The smallest absolute Gasteiger partial charge is 0.352 e. The molecule has 22 heavy (non-hydrogen) atoms. The Morgan fingerprint density at radius 2 is 2.00 bits per heavy atom. The highest BCUT2D eigenvalue weighted by atomic mass is 16.5. The molecule has 1 aromatic rings. The van der Waals surface area contributed by atoms with E-state index in [0.29, 0.717) is 0 Å². The Hall–Kier alpha value is -2.81. The topological polar surface area (TPSA) is 99.4 Å². The number of hydrogen-bond donors (Lipinski definition) is 2. The number of amides is 1. The SMILES string of the molecule is CCOC(=O)/C(C#N)=C(\O)C(Cc1ccccc1)NC(C)=O. The highest BCUT2D eigenvalue weighted by Crippen LogP contribution is 2.13. The van der Waals surface area contributed by atoms with E-state index in [0.717, 1.165) is 5.56 Å². The first-order valence-corrected chi connectivity index (χ1v) is 6.81. The summed E-state index contributed by atoms with van der Waals surface area (Å²) in [7, 11) is 0. The maximum Gasteiger partial charge on any atom is 0.352 e. The number of carbonyl (C=O) groups is 2. The summed E-state index contributed by atoms with van der Waals surface area (Å²) in [4.78, 5) is 23.0. The van der Waals surface area contributed by atoms with Crippen molar-refractivity contribution in [3.8, 4) is 6.07 Å². The van der Waals surface area contributed by atoms with Gasteiger partial charge in [-0.15, -0.1) is 0 Å². The lowest BCUT2D eigenvalue weighted by molar-refractivity contribution is -0.138. The predicted molar refractivity (Wildman–Crippen MR) is 79.7 cm³/mol. The molecule has 0 aliphatic heterocycles. The van der Waals surface area contributed by atoms with Crippen molar-refractivity contribution in [1.29, 1.82) is 5.26 Å². The zero-order valence-corrected chi connectivity index (χ0v) is 12.5. The molecule has 0 aromatic heterocycles. The summed E-state index contributed by atoms with van der Waals surface area (Å²) in [6, 6.07) is 9.86. The van der Waals surface area contributed by atoms with E-state index in [-0.39, 0.29) is 18.9 Å². The Morgan fingerprint density at radius 1 is 1.36 bits per heavy atom. The van der Waals surface area contributed by atoms with Crippen molar-refractivity contribution >= 4 is 11.9 Å². The van der Waals surface area contributed by atoms with Gasteiger partial charge in [-0.3, -0.25) is 4.79 Å². The highest BCUT2D eigenvalue weighted by Gasteiger charge is 2.24. The van der Waals surface area contributed by atoms with Gasteiger partial charge in [-0.2, -0.15) is 5.26 Å². The molecule has 2 N–H and O–H groups in total. The standard InChI is InChI=1S/C16H18N2O4/c1-3-22-16(21)13(10-17)15(20)14(18-11(2)19)9-12-7-5-4-6-8-12/h4-8,14,20H,3,9H2,1-2H3,(H,18,19)/b15-13-. The van der Waals surface area contributed by atoms with Gasteiger partial charge in [0.15, 0.2) is 5.57 Å². The molecule has 1 unspecified atom stereocenters. The van der Waals surface area contributed by atoms with Crippen molar-refractivity contribution in [2.75, 3.05) is 6.61 Å². The van der Waals surface area contributed by atoms with Gasteiger partial charge < -0.3 is 15.2 Å². The molecule has 0 spiro atoms. The highest BCUT2D eigenvalue weighted by molar-refractivity contribution is 5.93. The number of hydrogen-bond acceptors (Lipinski definition) is 5. The molecule has 1 rings (SSSR count). The number of aliphatic hydroxyl groups is 1. The first-order chi connectivity index (χ1) is 10.5. The lowest BCUT2D eigenvalue weighted by Gasteiger charge is -2.18. The van der Waals surface area contributed by atoms with Gasteiger partial charge in [0.05, 0.1) is 12.6 Å². The second-order valence-electron chi connectivity index (χ2n) is 4.54. The molecule has 0 heterocycles. The van der Waals surface area contributed by atoms with E-state index in [1.165, 1.54) is 6.92 Å². The number of nitrogens with zero attached hydrogens (tertiary/aromatic N) is 1. The van der Waals surface area contributed by atoms with Crippen molar-refractivity contribution in [2.24, 2.45) is 0 Å². The molecule has 6 heteroatoms. The summed E-state index contributed by atoms with van der Waals surface area (Å²) >= 11 is 0. The zero-order valence-electron chi connectivity index (χ0n) is 12.5. The van der Waals surface area contributed by atoms with Crippen molar-refractivity contribution in [1.82, 2.24) is 5.32 Å². The number of rotatable bonds is 6. The monoisotopic (exact) mass is 302 g/mol. The van der Waals surface area contributed by atoms with Gasteiger partial charge in [0, 0.05) is 6.92 Å². The van der Waals surface area contributed by atoms with E-state index in [4.69, 9.17) is 10.00 Å². The molecular formula is C16H18N2O4. The summed E-state index contributed by atoms with van der Waals surface area (Å²) < 4.78 is 4.73. The Morgan fingerprint density at radius 3 is 2.50 bits per heavy atom. The van der Waals surface area contributed by atoms with Gasteiger partial charge in [0.25, 0.3) is 0 Å². The molecular weight excluding hydrogens is 284 g/mol. The van der Waals surface area contributed by atoms with Gasteiger partial charge in [0.1, 0.15) is 11.8 Å². The summed E-state index contributed by atoms with van der Waals surface area (Å²) in [6.07, 6.45) is 0.247. The normalized spacial score (nSPS) is 12.6. The zero-order chi connectivity index (χ0) is 16.5. The van der Waals surface area contributed by atoms with Gasteiger partial charge in [-0.05, 0) is 18.9 Å². The van der Waals surface area contributed by atoms with Crippen LogP contribution in [0.4, 0.5) is 0 Å². The van der Waals surface area contributed by atoms with E-state index < -0.39 is 23.3 Å². The van der Waals surface area contributed by atoms with Crippen LogP contribution in [0.25, 0.3) is 0 Å². The summed E-state index contributed by atoms with van der Waals surface area (Å²) in [5.41, 5.74) is 0.338. The van der Waals surface area contributed by atoms with Gasteiger partial charge in [0.2, 0.25) is 5.91 Å². The molecule has 6 nitrogen and oxygen atoms in total. The number of nitrogens with one attached hydrogen (secondary N) is 1. The van der Waals surface area contributed by atoms with Crippen molar-refractivity contribution in [3.05, 3.63) is 47.2 Å². The third kappa shape index (κ3) is 4.94. The Kier molecular flexibility index (Phi) is 6.64. The van der Waals surface area contributed by atoms with Crippen LogP contribution in [0, 0.1) is 11.3 Å². The molecule has 0 fully saturated rings. The van der Waals surface area contributed by atoms with Crippen LogP contribution in [-0.4, -0.2) is 29.6 Å².